The lowest BCUT2D eigenvalue weighted by Gasteiger charge is -2.05. The molecular formula is C17H15NO4. The largest absolute Gasteiger partial charge is 0.495 e. The minimum absolute atomic E-state index is 0.0238. The maximum absolute atomic E-state index is 11.8. The third kappa shape index (κ3) is 2.02. The highest BCUT2D eigenvalue weighted by Gasteiger charge is 2.17. The highest BCUT2D eigenvalue weighted by molar-refractivity contribution is 6.17. The second-order valence-electron chi connectivity index (χ2n) is 5.00. The first-order valence-electron chi connectivity index (χ1n) is 6.78. The Morgan fingerprint density at radius 3 is 2.45 bits per heavy atom. The minimum Gasteiger partial charge on any atom is -0.495 e. The molecule has 5 heteroatoms. The van der Waals surface area contributed by atoms with Crippen molar-refractivity contribution in [2.24, 2.45) is 0 Å². The summed E-state index contributed by atoms with van der Waals surface area (Å²) in [5, 5.41) is 1.68. The normalized spacial score (nSPS) is 10.9. The Balaban J connectivity index is 2.43. The summed E-state index contributed by atoms with van der Waals surface area (Å²) in [6.45, 7) is 1.53. The summed E-state index contributed by atoms with van der Waals surface area (Å²) in [4.78, 5) is 26.8. The molecule has 5 nitrogen and oxygen atoms in total. The third-order valence-corrected chi connectivity index (χ3v) is 3.73. The number of carbonyl (C=O) groups excluding carboxylic acids is 2. The highest BCUT2D eigenvalue weighted by Crippen LogP contribution is 2.34. The molecule has 2 aromatic carbocycles. The van der Waals surface area contributed by atoms with Crippen molar-refractivity contribution in [2.45, 2.75) is 6.92 Å². The summed E-state index contributed by atoms with van der Waals surface area (Å²) in [7, 11) is 2.87. The van der Waals surface area contributed by atoms with Gasteiger partial charge in [0.05, 0.1) is 30.8 Å². The molecular weight excluding hydrogens is 282 g/mol. The van der Waals surface area contributed by atoms with Gasteiger partial charge < -0.3 is 14.5 Å². The molecule has 0 spiro atoms. The van der Waals surface area contributed by atoms with Crippen LogP contribution < -0.4 is 4.74 Å². The maximum Gasteiger partial charge on any atom is 0.338 e. The number of methoxy groups -OCH3 is 2. The summed E-state index contributed by atoms with van der Waals surface area (Å²) in [6, 6.07) is 8.86. The fourth-order valence-corrected chi connectivity index (χ4v) is 2.68. The van der Waals surface area contributed by atoms with E-state index in [9.17, 15) is 9.59 Å². The van der Waals surface area contributed by atoms with Crippen LogP contribution in [-0.2, 0) is 4.74 Å². The quantitative estimate of drug-likeness (QED) is 0.595. The number of nitrogens with one attached hydrogen (secondary N) is 1. The van der Waals surface area contributed by atoms with Crippen molar-refractivity contribution in [2.75, 3.05) is 14.2 Å². The highest BCUT2D eigenvalue weighted by atomic mass is 16.5. The number of fused-ring (bicyclic) bond motifs is 3. The zero-order chi connectivity index (χ0) is 15.9. The van der Waals surface area contributed by atoms with Crippen LogP contribution in [0, 0.1) is 0 Å². The van der Waals surface area contributed by atoms with Crippen LogP contribution in [0.4, 0.5) is 0 Å². The number of hydrogen-bond donors (Lipinski definition) is 1. The van der Waals surface area contributed by atoms with Gasteiger partial charge in [0.2, 0.25) is 0 Å². The average molecular weight is 297 g/mol. The monoisotopic (exact) mass is 297 g/mol. The van der Waals surface area contributed by atoms with Crippen LogP contribution in [0.25, 0.3) is 21.8 Å². The Kier molecular flexibility index (Phi) is 3.33. The molecule has 112 valence electrons. The molecule has 3 aromatic rings. The molecule has 0 saturated heterocycles. The van der Waals surface area contributed by atoms with Gasteiger partial charge in [-0.05, 0) is 25.1 Å². The van der Waals surface area contributed by atoms with Crippen molar-refractivity contribution in [1.82, 2.24) is 4.98 Å². The number of para-hydroxylation sites is 1. The maximum atomic E-state index is 11.8. The average Bonchev–Trinajstić information content (AvgIpc) is 2.91. The number of benzene rings is 2. The molecule has 1 heterocycles. The van der Waals surface area contributed by atoms with E-state index < -0.39 is 5.97 Å². The van der Waals surface area contributed by atoms with Crippen LogP contribution in [0.3, 0.4) is 0 Å². The van der Waals surface area contributed by atoms with Crippen molar-refractivity contribution in [1.29, 1.82) is 0 Å². The van der Waals surface area contributed by atoms with Crippen LogP contribution >= 0.6 is 0 Å². The molecule has 1 aromatic heterocycles. The van der Waals surface area contributed by atoms with Crippen LogP contribution in [0.1, 0.15) is 27.6 Å². The third-order valence-electron chi connectivity index (χ3n) is 3.73. The fourth-order valence-electron chi connectivity index (χ4n) is 2.68. The molecule has 0 unspecified atom stereocenters. The van der Waals surface area contributed by atoms with Crippen LogP contribution in [0.15, 0.2) is 30.3 Å². The standard InChI is InChI=1S/C17H15NO4/c1-9(19)11-5-4-6-12-13-7-10(17(20)22-3)8-14(21-2)16(13)18-15(11)12/h4-8,18H,1-3H3. The predicted molar refractivity (Wildman–Crippen MR) is 83.7 cm³/mol. The lowest BCUT2D eigenvalue weighted by molar-refractivity contribution is 0.0600. The van der Waals surface area contributed by atoms with Crippen molar-refractivity contribution >= 4 is 33.6 Å². The van der Waals surface area contributed by atoms with E-state index in [0.717, 1.165) is 21.8 Å². The number of aromatic amines is 1. The number of Topliss-reactive ketones (excluding diaryl/α,β-unsaturated/α-hetero) is 1. The number of aromatic nitrogens is 1. The number of ketones is 1. The topological polar surface area (TPSA) is 68.4 Å². The minimum atomic E-state index is -0.433. The first-order chi connectivity index (χ1) is 10.6. The van der Waals surface area contributed by atoms with E-state index >= 15 is 0 Å². The number of rotatable bonds is 3. The van der Waals surface area contributed by atoms with Crippen LogP contribution in [-0.4, -0.2) is 31.0 Å². The van der Waals surface area contributed by atoms with E-state index in [2.05, 4.69) is 4.98 Å². The van der Waals surface area contributed by atoms with Gasteiger partial charge in [0, 0.05) is 16.3 Å². The predicted octanol–water partition coefficient (Wildman–Crippen LogP) is 3.32. The van der Waals surface area contributed by atoms with E-state index in [4.69, 9.17) is 9.47 Å². The van der Waals surface area contributed by atoms with Gasteiger partial charge in [-0.2, -0.15) is 0 Å². The molecule has 0 fully saturated rings. The van der Waals surface area contributed by atoms with Gasteiger partial charge in [-0.3, -0.25) is 4.79 Å². The van der Waals surface area contributed by atoms with Gasteiger partial charge in [-0.25, -0.2) is 4.79 Å². The van der Waals surface area contributed by atoms with Crippen LogP contribution in [0.2, 0.25) is 0 Å². The Morgan fingerprint density at radius 2 is 1.82 bits per heavy atom. The van der Waals surface area contributed by atoms with Crippen molar-refractivity contribution in [3.05, 3.63) is 41.5 Å². The first-order valence-corrected chi connectivity index (χ1v) is 6.78. The molecule has 1 N–H and O–H groups in total. The Bertz CT molecular complexity index is 908. The van der Waals surface area contributed by atoms with Crippen LogP contribution in [0.5, 0.6) is 5.75 Å². The number of ether oxygens (including phenoxy) is 2. The number of hydrogen-bond acceptors (Lipinski definition) is 4. The zero-order valence-corrected chi connectivity index (χ0v) is 12.5. The molecule has 0 radical (unpaired) electrons. The second-order valence-corrected chi connectivity index (χ2v) is 5.00. The first kappa shape index (κ1) is 14.1. The molecule has 0 aliphatic carbocycles. The fraction of sp³-hybridized carbons (Fsp3) is 0.176. The van der Waals surface area contributed by atoms with E-state index in [1.54, 1.807) is 18.2 Å². The Hall–Kier alpha value is -2.82. The summed E-state index contributed by atoms with van der Waals surface area (Å²) in [5.74, 6) is 0.0742. The molecule has 0 aliphatic heterocycles. The summed E-state index contributed by atoms with van der Waals surface area (Å²) >= 11 is 0. The lowest BCUT2D eigenvalue weighted by atomic mass is 10.0. The van der Waals surface area contributed by atoms with Crippen molar-refractivity contribution in [3.8, 4) is 5.75 Å². The lowest BCUT2D eigenvalue weighted by Crippen LogP contribution is -2.01. The van der Waals surface area contributed by atoms with Crippen molar-refractivity contribution < 1.29 is 19.1 Å². The summed E-state index contributed by atoms with van der Waals surface area (Å²) < 4.78 is 10.1. The Labute approximate surface area is 126 Å². The smallest absolute Gasteiger partial charge is 0.338 e. The molecule has 0 amide bonds. The van der Waals surface area contributed by atoms with Gasteiger partial charge in [0.15, 0.2) is 5.78 Å². The molecule has 22 heavy (non-hydrogen) atoms. The van der Waals surface area contributed by atoms with Gasteiger partial charge in [0.1, 0.15) is 5.75 Å². The molecule has 0 bridgehead atoms. The zero-order valence-electron chi connectivity index (χ0n) is 12.5. The second kappa shape index (κ2) is 5.18. The molecule has 3 rings (SSSR count). The summed E-state index contributed by atoms with van der Waals surface area (Å²) in [6.07, 6.45) is 0. The van der Waals surface area contributed by atoms with E-state index in [0.29, 0.717) is 16.9 Å². The number of esters is 1. The van der Waals surface area contributed by atoms with Crippen molar-refractivity contribution in [3.63, 3.8) is 0 Å². The van der Waals surface area contributed by atoms with Gasteiger partial charge in [-0.1, -0.05) is 12.1 Å². The summed E-state index contributed by atoms with van der Waals surface area (Å²) in [5.41, 5.74) is 2.50. The molecule has 0 saturated carbocycles. The SMILES string of the molecule is COC(=O)c1cc(OC)c2[nH]c3c(C(C)=O)cccc3c2c1. The van der Waals surface area contributed by atoms with Gasteiger partial charge in [0.25, 0.3) is 0 Å². The van der Waals surface area contributed by atoms with Gasteiger partial charge in [-0.15, -0.1) is 0 Å². The molecule has 0 aliphatic rings. The number of carbonyl (C=O) groups is 2. The van der Waals surface area contributed by atoms with E-state index in [-0.39, 0.29) is 5.78 Å². The Morgan fingerprint density at radius 1 is 1.05 bits per heavy atom. The molecule has 0 atom stereocenters. The van der Waals surface area contributed by atoms with E-state index in [1.165, 1.54) is 21.1 Å². The number of H-pyrrole nitrogens is 1. The van der Waals surface area contributed by atoms with Gasteiger partial charge >= 0.3 is 5.97 Å². The van der Waals surface area contributed by atoms with E-state index in [1.807, 2.05) is 12.1 Å².